The highest BCUT2D eigenvalue weighted by Crippen LogP contribution is 2.25. The van der Waals surface area contributed by atoms with E-state index in [1.807, 2.05) is 36.1 Å². The van der Waals surface area contributed by atoms with Crippen molar-refractivity contribution >= 4 is 17.7 Å². The van der Waals surface area contributed by atoms with E-state index in [0.29, 0.717) is 69.1 Å². The SMILES string of the molecule is COc1cccc(C(=O)N2CCC(C(NC(=O)c3cccc(C)c3)C(=O)N3CCOCC3)CC2)c1. The van der Waals surface area contributed by atoms with Gasteiger partial charge in [0.15, 0.2) is 0 Å². The van der Waals surface area contributed by atoms with Gasteiger partial charge in [0.1, 0.15) is 11.8 Å². The van der Waals surface area contributed by atoms with Crippen LogP contribution in [0.3, 0.4) is 0 Å². The molecule has 3 amide bonds. The van der Waals surface area contributed by atoms with Crippen LogP contribution in [0.1, 0.15) is 39.1 Å². The quantitative estimate of drug-likeness (QED) is 0.688. The minimum Gasteiger partial charge on any atom is -0.497 e. The fraction of sp³-hybridized carbons (Fsp3) is 0.444. The van der Waals surface area contributed by atoms with Gasteiger partial charge in [-0.25, -0.2) is 0 Å². The average molecular weight is 480 g/mol. The highest BCUT2D eigenvalue weighted by molar-refractivity contribution is 5.98. The van der Waals surface area contributed by atoms with Crippen LogP contribution in [0.5, 0.6) is 5.75 Å². The van der Waals surface area contributed by atoms with E-state index in [2.05, 4.69) is 5.32 Å². The lowest BCUT2D eigenvalue weighted by Crippen LogP contribution is -2.56. The number of hydrogen-bond acceptors (Lipinski definition) is 5. The molecule has 2 heterocycles. The second kappa shape index (κ2) is 11.4. The molecule has 0 radical (unpaired) electrons. The molecule has 2 aliphatic rings. The summed E-state index contributed by atoms with van der Waals surface area (Å²) >= 11 is 0. The summed E-state index contributed by atoms with van der Waals surface area (Å²) in [6.07, 6.45) is 1.26. The van der Waals surface area contributed by atoms with Gasteiger partial charge in [-0.2, -0.15) is 0 Å². The normalized spacial score (nSPS) is 17.5. The summed E-state index contributed by atoms with van der Waals surface area (Å²) in [4.78, 5) is 43.2. The maximum Gasteiger partial charge on any atom is 0.253 e. The molecular formula is C27H33N3O5. The molecule has 0 bridgehead atoms. The Morgan fingerprint density at radius 1 is 0.943 bits per heavy atom. The minimum atomic E-state index is -0.643. The molecule has 2 aromatic rings. The fourth-order valence-corrected chi connectivity index (χ4v) is 4.75. The molecule has 35 heavy (non-hydrogen) atoms. The summed E-state index contributed by atoms with van der Waals surface area (Å²) in [5, 5.41) is 3.03. The Bertz CT molecular complexity index is 1060. The van der Waals surface area contributed by atoms with Crippen molar-refractivity contribution in [1.82, 2.24) is 15.1 Å². The van der Waals surface area contributed by atoms with Gasteiger partial charge in [-0.15, -0.1) is 0 Å². The lowest BCUT2D eigenvalue weighted by atomic mass is 9.87. The fourth-order valence-electron chi connectivity index (χ4n) is 4.75. The number of hydrogen-bond donors (Lipinski definition) is 1. The van der Waals surface area contributed by atoms with Crippen molar-refractivity contribution in [2.24, 2.45) is 5.92 Å². The molecule has 0 spiro atoms. The van der Waals surface area contributed by atoms with Crippen molar-refractivity contribution < 1.29 is 23.9 Å². The van der Waals surface area contributed by atoms with Gasteiger partial charge in [0.25, 0.3) is 11.8 Å². The molecule has 8 heteroatoms. The predicted octanol–water partition coefficient (Wildman–Crippen LogP) is 2.51. The van der Waals surface area contributed by atoms with E-state index < -0.39 is 6.04 Å². The van der Waals surface area contributed by atoms with Crippen LogP contribution in [-0.2, 0) is 9.53 Å². The van der Waals surface area contributed by atoms with Gasteiger partial charge in [0.2, 0.25) is 5.91 Å². The van der Waals surface area contributed by atoms with Gasteiger partial charge in [-0.1, -0.05) is 23.8 Å². The zero-order valence-corrected chi connectivity index (χ0v) is 20.4. The number of likely N-dealkylation sites (tertiary alicyclic amines) is 1. The van der Waals surface area contributed by atoms with Gasteiger partial charge in [-0.3, -0.25) is 14.4 Å². The Morgan fingerprint density at radius 2 is 1.63 bits per heavy atom. The summed E-state index contributed by atoms with van der Waals surface area (Å²) < 4.78 is 10.6. The van der Waals surface area contributed by atoms with E-state index in [1.54, 1.807) is 36.3 Å². The van der Waals surface area contributed by atoms with Crippen LogP contribution in [0.15, 0.2) is 48.5 Å². The number of nitrogens with zero attached hydrogens (tertiary/aromatic N) is 2. The third kappa shape index (κ3) is 6.00. The Labute approximate surface area is 206 Å². The van der Waals surface area contributed by atoms with Crippen molar-refractivity contribution in [2.75, 3.05) is 46.5 Å². The van der Waals surface area contributed by atoms with Crippen molar-refractivity contribution in [3.05, 3.63) is 65.2 Å². The standard InChI is InChI=1S/C27H33N3O5/c1-19-5-3-6-21(17-19)25(31)28-24(27(33)30-13-15-35-16-14-30)20-9-11-29(12-10-20)26(32)22-7-4-8-23(18-22)34-2/h3-8,17-18,20,24H,9-16H2,1-2H3,(H,28,31). The second-order valence-corrected chi connectivity index (χ2v) is 9.12. The number of amides is 3. The van der Waals surface area contributed by atoms with Crippen LogP contribution in [0.25, 0.3) is 0 Å². The van der Waals surface area contributed by atoms with Crippen LogP contribution in [-0.4, -0.2) is 80.1 Å². The van der Waals surface area contributed by atoms with Crippen LogP contribution < -0.4 is 10.1 Å². The van der Waals surface area contributed by atoms with Crippen LogP contribution in [0.4, 0.5) is 0 Å². The van der Waals surface area contributed by atoms with Gasteiger partial charge in [0, 0.05) is 37.3 Å². The molecule has 186 valence electrons. The lowest BCUT2D eigenvalue weighted by Gasteiger charge is -2.38. The minimum absolute atomic E-state index is 0.0535. The molecule has 2 fully saturated rings. The molecule has 2 aliphatic heterocycles. The Balaban J connectivity index is 1.46. The molecule has 1 N–H and O–H groups in total. The van der Waals surface area contributed by atoms with Crippen LogP contribution >= 0.6 is 0 Å². The number of nitrogens with one attached hydrogen (secondary N) is 1. The van der Waals surface area contributed by atoms with E-state index in [1.165, 1.54) is 0 Å². The Morgan fingerprint density at radius 3 is 2.31 bits per heavy atom. The van der Waals surface area contributed by atoms with Crippen LogP contribution in [0, 0.1) is 12.8 Å². The topological polar surface area (TPSA) is 88.2 Å². The first-order valence-electron chi connectivity index (χ1n) is 12.1. The van der Waals surface area contributed by atoms with E-state index in [0.717, 1.165) is 5.56 Å². The maximum absolute atomic E-state index is 13.5. The van der Waals surface area contributed by atoms with Gasteiger partial charge < -0.3 is 24.6 Å². The summed E-state index contributed by atoms with van der Waals surface area (Å²) in [5.41, 5.74) is 2.10. The molecular weight excluding hydrogens is 446 g/mol. The number of piperidine rings is 1. The molecule has 2 aromatic carbocycles. The molecule has 1 unspecified atom stereocenters. The summed E-state index contributed by atoms with van der Waals surface area (Å²) in [7, 11) is 1.58. The van der Waals surface area contributed by atoms with Gasteiger partial charge in [-0.05, 0) is 56.0 Å². The van der Waals surface area contributed by atoms with Crippen LogP contribution in [0.2, 0.25) is 0 Å². The van der Waals surface area contributed by atoms with Crippen molar-refractivity contribution in [3.8, 4) is 5.75 Å². The zero-order chi connectivity index (χ0) is 24.8. The third-order valence-electron chi connectivity index (χ3n) is 6.77. The smallest absolute Gasteiger partial charge is 0.253 e. The monoisotopic (exact) mass is 479 g/mol. The summed E-state index contributed by atoms with van der Waals surface area (Å²) in [6, 6.07) is 13.8. The number of ether oxygens (including phenoxy) is 2. The van der Waals surface area contributed by atoms with E-state index in [4.69, 9.17) is 9.47 Å². The van der Waals surface area contributed by atoms with E-state index in [-0.39, 0.29) is 23.6 Å². The Kier molecular flexibility index (Phi) is 8.02. The number of benzene rings is 2. The molecule has 0 aliphatic carbocycles. The zero-order valence-electron chi connectivity index (χ0n) is 20.4. The number of carbonyl (C=O) groups is 3. The van der Waals surface area contributed by atoms with Gasteiger partial charge >= 0.3 is 0 Å². The van der Waals surface area contributed by atoms with E-state index >= 15 is 0 Å². The third-order valence-corrected chi connectivity index (χ3v) is 6.77. The first kappa shape index (κ1) is 24.7. The Hall–Kier alpha value is -3.39. The van der Waals surface area contributed by atoms with Crippen molar-refractivity contribution in [3.63, 3.8) is 0 Å². The number of rotatable bonds is 6. The van der Waals surface area contributed by atoms with Crippen molar-refractivity contribution in [1.29, 1.82) is 0 Å². The second-order valence-electron chi connectivity index (χ2n) is 9.12. The first-order valence-corrected chi connectivity index (χ1v) is 12.1. The number of carbonyl (C=O) groups excluding carboxylic acids is 3. The first-order chi connectivity index (χ1) is 17.0. The molecule has 0 aromatic heterocycles. The molecule has 1 atom stereocenters. The molecule has 8 nitrogen and oxygen atoms in total. The van der Waals surface area contributed by atoms with E-state index in [9.17, 15) is 14.4 Å². The summed E-state index contributed by atoms with van der Waals surface area (Å²) in [6.45, 7) is 5.01. The number of aryl methyl sites for hydroxylation is 1. The number of morpholine rings is 1. The molecule has 4 rings (SSSR count). The largest absolute Gasteiger partial charge is 0.497 e. The maximum atomic E-state index is 13.5. The molecule has 0 saturated carbocycles. The lowest BCUT2D eigenvalue weighted by molar-refractivity contribution is -0.139. The van der Waals surface area contributed by atoms with Crippen molar-refractivity contribution in [2.45, 2.75) is 25.8 Å². The highest BCUT2D eigenvalue weighted by Gasteiger charge is 2.36. The summed E-state index contributed by atoms with van der Waals surface area (Å²) in [5.74, 6) is 0.193. The molecule has 2 saturated heterocycles. The highest BCUT2D eigenvalue weighted by atomic mass is 16.5. The predicted molar refractivity (Wildman–Crippen MR) is 131 cm³/mol. The average Bonchev–Trinajstić information content (AvgIpc) is 2.91. The van der Waals surface area contributed by atoms with Gasteiger partial charge in [0.05, 0.1) is 20.3 Å². The number of methoxy groups -OCH3 is 1.